The number of aliphatic hydroxyl groups is 1. The summed E-state index contributed by atoms with van der Waals surface area (Å²) in [6.45, 7) is 3.80. The number of aliphatic hydroxyl groups excluding tert-OH is 1. The standard InChI is InChI=1S/C26H28FNO4/c1-26(2,32-24-14-10-22(27)11-15-24)25(30)28(16-17-29)23-12-8-21(9-13-23)20-6-4-19(5-7-20)18-31-3/h4-15,29H,16-18H2,1-3H3. The first kappa shape index (κ1) is 23.4. The molecule has 168 valence electrons. The van der Waals surface area contributed by atoms with Gasteiger partial charge >= 0.3 is 0 Å². The highest BCUT2D eigenvalue weighted by Gasteiger charge is 2.35. The number of amides is 1. The summed E-state index contributed by atoms with van der Waals surface area (Å²) in [7, 11) is 1.66. The molecule has 0 saturated carbocycles. The predicted octanol–water partition coefficient (Wildman–Crippen LogP) is 4.82. The molecule has 0 aliphatic carbocycles. The Balaban J connectivity index is 1.79. The second kappa shape index (κ2) is 10.4. The molecule has 0 aromatic heterocycles. The monoisotopic (exact) mass is 437 g/mol. The van der Waals surface area contributed by atoms with Crippen molar-refractivity contribution in [3.8, 4) is 16.9 Å². The Kier molecular flexibility index (Phi) is 7.62. The molecule has 0 saturated heterocycles. The molecule has 3 rings (SSSR count). The highest BCUT2D eigenvalue weighted by Crippen LogP contribution is 2.27. The van der Waals surface area contributed by atoms with Crippen LogP contribution in [0.3, 0.4) is 0 Å². The van der Waals surface area contributed by atoms with E-state index in [4.69, 9.17) is 9.47 Å². The van der Waals surface area contributed by atoms with E-state index in [2.05, 4.69) is 0 Å². The third kappa shape index (κ3) is 5.72. The third-order valence-electron chi connectivity index (χ3n) is 5.05. The number of methoxy groups -OCH3 is 1. The first-order chi connectivity index (χ1) is 15.3. The fraction of sp³-hybridized carbons (Fsp3) is 0.269. The SMILES string of the molecule is COCc1ccc(-c2ccc(N(CCO)C(=O)C(C)(C)Oc3ccc(F)cc3)cc2)cc1. The number of halogens is 1. The average molecular weight is 438 g/mol. The minimum atomic E-state index is -1.22. The van der Waals surface area contributed by atoms with Crippen molar-refractivity contribution in [1.82, 2.24) is 0 Å². The van der Waals surface area contributed by atoms with Crippen molar-refractivity contribution in [3.05, 3.63) is 84.2 Å². The zero-order valence-electron chi connectivity index (χ0n) is 18.5. The number of benzene rings is 3. The van der Waals surface area contributed by atoms with E-state index in [0.717, 1.165) is 16.7 Å². The third-order valence-corrected chi connectivity index (χ3v) is 5.05. The second-order valence-corrected chi connectivity index (χ2v) is 7.92. The molecule has 32 heavy (non-hydrogen) atoms. The van der Waals surface area contributed by atoms with Crippen LogP contribution in [-0.4, -0.2) is 36.9 Å². The molecule has 5 nitrogen and oxygen atoms in total. The lowest BCUT2D eigenvalue weighted by Crippen LogP contribution is -2.50. The average Bonchev–Trinajstić information content (AvgIpc) is 2.79. The van der Waals surface area contributed by atoms with Crippen LogP contribution < -0.4 is 9.64 Å². The van der Waals surface area contributed by atoms with E-state index in [9.17, 15) is 14.3 Å². The van der Waals surface area contributed by atoms with Crippen LogP contribution in [0.25, 0.3) is 11.1 Å². The summed E-state index contributed by atoms with van der Waals surface area (Å²) < 4.78 is 24.2. The number of carbonyl (C=O) groups is 1. The topological polar surface area (TPSA) is 59.0 Å². The van der Waals surface area contributed by atoms with Gasteiger partial charge in [-0.15, -0.1) is 0 Å². The van der Waals surface area contributed by atoms with Crippen LogP contribution in [0.4, 0.5) is 10.1 Å². The number of anilines is 1. The van der Waals surface area contributed by atoms with Crippen LogP contribution in [-0.2, 0) is 16.1 Å². The Labute approximate surface area is 188 Å². The summed E-state index contributed by atoms with van der Waals surface area (Å²) >= 11 is 0. The lowest BCUT2D eigenvalue weighted by atomic mass is 10.0. The van der Waals surface area contributed by atoms with Gasteiger partial charge in [0.05, 0.1) is 13.2 Å². The largest absolute Gasteiger partial charge is 0.478 e. The van der Waals surface area contributed by atoms with Gasteiger partial charge in [-0.1, -0.05) is 36.4 Å². The molecule has 0 spiro atoms. The van der Waals surface area contributed by atoms with Crippen LogP contribution in [0, 0.1) is 5.82 Å². The minimum Gasteiger partial charge on any atom is -0.478 e. The molecular weight excluding hydrogens is 409 g/mol. The van der Waals surface area contributed by atoms with Gasteiger partial charge in [0.25, 0.3) is 5.91 Å². The summed E-state index contributed by atoms with van der Waals surface area (Å²) in [6.07, 6.45) is 0. The Bertz CT molecular complexity index is 1020. The molecule has 6 heteroatoms. The quantitative estimate of drug-likeness (QED) is 0.521. The predicted molar refractivity (Wildman–Crippen MR) is 123 cm³/mol. The lowest BCUT2D eigenvalue weighted by Gasteiger charge is -2.32. The summed E-state index contributed by atoms with van der Waals surface area (Å²) in [6, 6.07) is 21.2. The van der Waals surface area contributed by atoms with Crippen molar-refractivity contribution in [3.63, 3.8) is 0 Å². The van der Waals surface area contributed by atoms with Gasteiger partial charge in [-0.2, -0.15) is 0 Å². The fourth-order valence-electron chi connectivity index (χ4n) is 3.41. The molecule has 0 bridgehead atoms. The summed E-state index contributed by atoms with van der Waals surface area (Å²) in [5, 5.41) is 9.55. The van der Waals surface area contributed by atoms with Crippen LogP contribution >= 0.6 is 0 Å². The number of carbonyl (C=O) groups excluding carboxylic acids is 1. The number of nitrogens with zero attached hydrogens (tertiary/aromatic N) is 1. The van der Waals surface area contributed by atoms with Gasteiger partial charge in [0.1, 0.15) is 11.6 Å². The number of ether oxygens (including phenoxy) is 2. The van der Waals surface area contributed by atoms with Crippen molar-refractivity contribution < 1.29 is 23.8 Å². The minimum absolute atomic E-state index is 0.125. The molecule has 1 N–H and O–H groups in total. The maximum atomic E-state index is 13.3. The fourth-order valence-corrected chi connectivity index (χ4v) is 3.41. The van der Waals surface area contributed by atoms with Crippen molar-refractivity contribution in [2.45, 2.75) is 26.1 Å². The summed E-state index contributed by atoms with van der Waals surface area (Å²) in [5.74, 6) is -0.301. The van der Waals surface area contributed by atoms with Crippen molar-refractivity contribution >= 4 is 11.6 Å². The maximum Gasteiger partial charge on any atom is 0.270 e. The number of hydrogen-bond acceptors (Lipinski definition) is 4. The van der Waals surface area contributed by atoms with E-state index in [-0.39, 0.29) is 24.9 Å². The van der Waals surface area contributed by atoms with E-state index in [0.29, 0.717) is 18.0 Å². The van der Waals surface area contributed by atoms with Gasteiger partial charge in [-0.05, 0) is 66.9 Å². The van der Waals surface area contributed by atoms with Gasteiger partial charge in [0, 0.05) is 19.3 Å². The zero-order chi connectivity index (χ0) is 23.1. The Morgan fingerprint density at radius 1 is 0.938 bits per heavy atom. The van der Waals surface area contributed by atoms with E-state index < -0.39 is 5.60 Å². The van der Waals surface area contributed by atoms with Crippen molar-refractivity contribution in [1.29, 1.82) is 0 Å². The molecule has 0 atom stereocenters. The van der Waals surface area contributed by atoms with Crippen molar-refractivity contribution in [2.24, 2.45) is 0 Å². The molecule has 0 aliphatic heterocycles. The molecule has 0 aliphatic rings. The van der Waals surface area contributed by atoms with Gasteiger partial charge in [0.2, 0.25) is 0 Å². The summed E-state index contributed by atoms with van der Waals surface area (Å²) in [5.41, 5.74) is 2.59. The van der Waals surface area contributed by atoms with E-state index in [1.807, 2.05) is 48.5 Å². The molecule has 3 aromatic carbocycles. The number of hydrogen-bond donors (Lipinski definition) is 1. The molecule has 0 heterocycles. The molecular formula is C26H28FNO4. The highest BCUT2D eigenvalue weighted by atomic mass is 19.1. The van der Waals surface area contributed by atoms with E-state index in [1.54, 1.807) is 21.0 Å². The van der Waals surface area contributed by atoms with Crippen LogP contribution in [0.1, 0.15) is 19.4 Å². The maximum absolute atomic E-state index is 13.3. The lowest BCUT2D eigenvalue weighted by molar-refractivity contribution is -0.131. The summed E-state index contributed by atoms with van der Waals surface area (Å²) in [4.78, 5) is 14.8. The van der Waals surface area contributed by atoms with Gasteiger partial charge in [-0.25, -0.2) is 4.39 Å². The van der Waals surface area contributed by atoms with Gasteiger partial charge < -0.3 is 19.5 Å². The van der Waals surface area contributed by atoms with Crippen LogP contribution in [0.5, 0.6) is 5.75 Å². The molecule has 0 fully saturated rings. The normalized spacial score (nSPS) is 11.3. The van der Waals surface area contributed by atoms with E-state index >= 15 is 0 Å². The Hall–Kier alpha value is -3.22. The highest BCUT2D eigenvalue weighted by molar-refractivity contribution is 5.99. The van der Waals surface area contributed by atoms with E-state index in [1.165, 1.54) is 29.2 Å². The Morgan fingerprint density at radius 3 is 2.03 bits per heavy atom. The molecule has 0 radical (unpaired) electrons. The number of rotatable bonds is 9. The van der Waals surface area contributed by atoms with Crippen LogP contribution in [0.15, 0.2) is 72.8 Å². The zero-order valence-corrected chi connectivity index (χ0v) is 18.5. The molecule has 3 aromatic rings. The Morgan fingerprint density at radius 2 is 1.50 bits per heavy atom. The smallest absolute Gasteiger partial charge is 0.270 e. The molecule has 1 amide bonds. The molecule has 0 unspecified atom stereocenters. The van der Waals surface area contributed by atoms with Gasteiger partial charge in [0.15, 0.2) is 5.60 Å². The second-order valence-electron chi connectivity index (χ2n) is 7.92. The van der Waals surface area contributed by atoms with Crippen LogP contribution in [0.2, 0.25) is 0 Å². The van der Waals surface area contributed by atoms with Gasteiger partial charge in [-0.3, -0.25) is 4.79 Å². The first-order valence-electron chi connectivity index (χ1n) is 10.4. The van der Waals surface area contributed by atoms with Crippen molar-refractivity contribution in [2.75, 3.05) is 25.2 Å². The first-order valence-corrected chi connectivity index (χ1v) is 10.4.